The van der Waals surface area contributed by atoms with E-state index in [2.05, 4.69) is 4.98 Å². The molecule has 1 aromatic carbocycles. The first kappa shape index (κ1) is 14.0. The van der Waals surface area contributed by atoms with Crippen molar-refractivity contribution in [1.82, 2.24) is 4.98 Å². The van der Waals surface area contributed by atoms with E-state index in [1.807, 2.05) is 11.4 Å². The smallest absolute Gasteiger partial charge is 0.339 e. The summed E-state index contributed by atoms with van der Waals surface area (Å²) >= 11 is 1.51. The van der Waals surface area contributed by atoms with E-state index >= 15 is 0 Å². The summed E-state index contributed by atoms with van der Waals surface area (Å²) in [7, 11) is 0. The van der Waals surface area contributed by atoms with Gasteiger partial charge in [-0.15, -0.1) is 11.3 Å². The van der Waals surface area contributed by atoms with E-state index in [-0.39, 0.29) is 0 Å². The maximum Gasteiger partial charge on any atom is 0.339 e. The highest BCUT2D eigenvalue weighted by Crippen LogP contribution is 2.15. The Hall–Kier alpha value is -2.39. The summed E-state index contributed by atoms with van der Waals surface area (Å²) < 4.78 is 10.4. The molecule has 0 aliphatic rings. The van der Waals surface area contributed by atoms with Crippen LogP contribution in [-0.2, 0) is 11.3 Å². The second-order valence-corrected chi connectivity index (χ2v) is 4.69. The number of benzene rings is 1. The lowest BCUT2D eigenvalue weighted by Gasteiger charge is -2.07. The molecule has 1 heterocycles. The lowest BCUT2D eigenvalue weighted by atomic mass is 10.2. The van der Waals surface area contributed by atoms with Crippen LogP contribution < -0.4 is 4.74 Å². The molecule has 0 amide bonds. The number of ether oxygens (including phenoxy) is 2. The second-order valence-electron chi connectivity index (χ2n) is 3.97. The Kier molecular flexibility index (Phi) is 4.69. The maximum absolute atomic E-state index is 11.6. The number of esters is 1. The van der Waals surface area contributed by atoms with Crippen LogP contribution in [0.3, 0.4) is 0 Å². The first-order valence-corrected chi connectivity index (χ1v) is 6.84. The SMILES string of the molecule is C[C@H](C#N)OC(=O)c1ccc(OCc2cscn2)cc1. The Labute approximate surface area is 120 Å². The third-order valence-electron chi connectivity index (χ3n) is 2.43. The highest BCUT2D eigenvalue weighted by Gasteiger charge is 2.11. The topological polar surface area (TPSA) is 72.2 Å². The van der Waals surface area contributed by atoms with Gasteiger partial charge in [-0.1, -0.05) is 0 Å². The number of thiazole rings is 1. The number of carbonyl (C=O) groups excluding carboxylic acids is 1. The van der Waals surface area contributed by atoms with Crippen molar-refractivity contribution < 1.29 is 14.3 Å². The average molecular weight is 288 g/mol. The molecule has 0 aliphatic carbocycles. The molecule has 6 heteroatoms. The molecule has 0 N–H and O–H groups in total. The summed E-state index contributed by atoms with van der Waals surface area (Å²) in [5, 5.41) is 10.5. The van der Waals surface area contributed by atoms with Crippen molar-refractivity contribution in [2.45, 2.75) is 19.6 Å². The number of nitriles is 1. The average Bonchev–Trinajstić information content (AvgIpc) is 2.98. The van der Waals surface area contributed by atoms with Crippen LogP contribution in [0.4, 0.5) is 0 Å². The van der Waals surface area contributed by atoms with Crippen LogP contribution in [-0.4, -0.2) is 17.1 Å². The highest BCUT2D eigenvalue weighted by atomic mass is 32.1. The largest absolute Gasteiger partial charge is 0.487 e. The molecule has 102 valence electrons. The predicted molar refractivity (Wildman–Crippen MR) is 73.4 cm³/mol. The van der Waals surface area contributed by atoms with Crippen molar-refractivity contribution in [2.24, 2.45) is 0 Å². The third kappa shape index (κ3) is 3.80. The summed E-state index contributed by atoms with van der Waals surface area (Å²) in [5.41, 5.74) is 2.99. The van der Waals surface area contributed by atoms with Gasteiger partial charge in [-0.3, -0.25) is 0 Å². The van der Waals surface area contributed by atoms with Gasteiger partial charge in [0.1, 0.15) is 18.4 Å². The predicted octanol–water partition coefficient (Wildman–Crippen LogP) is 2.79. The van der Waals surface area contributed by atoms with Crippen LogP contribution in [0.5, 0.6) is 5.75 Å². The van der Waals surface area contributed by atoms with Crippen LogP contribution >= 0.6 is 11.3 Å². The van der Waals surface area contributed by atoms with Crippen LogP contribution in [0.1, 0.15) is 23.0 Å². The van der Waals surface area contributed by atoms with Gasteiger partial charge in [-0.05, 0) is 31.2 Å². The summed E-state index contributed by atoms with van der Waals surface area (Å²) in [6.07, 6.45) is -0.761. The zero-order valence-electron chi connectivity index (χ0n) is 10.8. The fourth-order valence-electron chi connectivity index (χ4n) is 1.41. The van der Waals surface area contributed by atoms with Crippen LogP contribution in [0.25, 0.3) is 0 Å². The molecular weight excluding hydrogens is 276 g/mol. The lowest BCUT2D eigenvalue weighted by molar-refractivity contribution is 0.0435. The lowest BCUT2D eigenvalue weighted by Crippen LogP contribution is -2.12. The molecule has 5 nitrogen and oxygen atoms in total. The van der Waals surface area contributed by atoms with Gasteiger partial charge in [0, 0.05) is 5.38 Å². The molecule has 0 radical (unpaired) electrons. The minimum absolute atomic E-state index is 0.383. The van der Waals surface area contributed by atoms with Crippen molar-refractivity contribution in [3.8, 4) is 11.8 Å². The third-order valence-corrected chi connectivity index (χ3v) is 3.06. The quantitative estimate of drug-likeness (QED) is 0.791. The van der Waals surface area contributed by atoms with Gasteiger partial charge in [-0.2, -0.15) is 5.26 Å². The van der Waals surface area contributed by atoms with E-state index in [1.54, 1.807) is 29.8 Å². The molecule has 2 aromatic rings. The Bertz CT molecular complexity index is 602. The first-order valence-electron chi connectivity index (χ1n) is 5.89. The molecule has 0 spiro atoms. The molecule has 0 saturated heterocycles. The molecule has 0 unspecified atom stereocenters. The summed E-state index contributed by atoms with van der Waals surface area (Å²) in [6, 6.07) is 8.40. The molecule has 1 atom stereocenters. The van der Waals surface area contributed by atoms with Crippen LogP contribution in [0.2, 0.25) is 0 Å². The van der Waals surface area contributed by atoms with Gasteiger partial charge in [0.25, 0.3) is 0 Å². The van der Waals surface area contributed by atoms with Crippen LogP contribution in [0, 0.1) is 11.3 Å². The summed E-state index contributed by atoms with van der Waals surface area (Å²) in [4.78, 5) is 15.8. The maximum atomic E-state index is 11.6. The van der Waals surface area contributed by atoms with E-state index in [0.29, 0.717) is 17.9 Å². The number of aromatic nitrogens is 1. The molecule has 0 fully saturated rings. The Morgan fingerprint density at radius 1 is 1.45 bits per heavy atom. The van der Waals surface area contributed by atoms with Crippen LogP contribution in [0.15, 0.2) is 35.2 Å². The monoisotopic (exact) mass is 288 g/mol. The van der Waals surface area contributed by atoms with Crippen molar-refractivity contribution >= 4 is 17.3 Å². The normalized spacial score (nSPS) is 11.4. The van der Waals surface area contributed by atoms with Crippen molar-refractivity contribution in [3.05, 3.63) is 46.4 Å². The fraction of sp³-hybridized carbons (Fsp3) is 0.214. The Balaban J connectivity index is 1.92. The molecule has 2 rings (SSSR count). The van der Waals surface area contributed by atoms with E-state index in [0.717, 1.165) is 5.69 Å². The number of rotatable bonds is 5. The van der Waals surface area contributed by atoms with Gasteiger partial charge in [0.15, 0.2) is 6.10 Å². The summed E-state index contributed by atoms with van der Waals surface area (Å²) in [5.74, 6) is 0.119. The van der Waals surface area contributed by atoms with Crippen molar-refractivity contribution in [1.29, 1.82) is 5.26 Å². The van der Waals surface area contributed by atoms with E-state index in [4.69, 9.17) is 14.7 Å². The fourth-order valence-corrected chi connectivity index (χ4v) is 1.95. The number of hydrogen-bond acceptors (Lipinski definition) is 6. The minimum Gasteiger partial charge on any atom is -0.487 e. The Morgan fingerprint density at radius 3 is 2.80 bits per heavy atom. The van der Waals surface area contributed by atoms with Crippen molar-refractivity contribution in [2.75, 3.05) is 0 Å². The molecule has 0 bridgehead atoms. The first-order chi connectivity index (χ1) is 9.69. The number of carbonyl (C=O) groups is 1. The molecule has 0 aliphatic heterocycles. The van der Waals surface area contributed by atoms with E-state index < -0.39 is 12.1 Å². The summed E-state index contributed by atoms with van der Waals surface area (Å²) in [6.45, 7) is 1.90. The van der Waals surface area contributed by atoms with Gasteiger partial charge in [0.2, 0.25) is 0 Å². The second kappa shape index (κ2) is 6.68. The van der Waals surface area contributed by atoms with Gasteiger partial charge >= 0.3 is 5.97 Å². The zero-order valence-corrected chi connectivity index (χ0v) is 11.6. The zero-order chi connectivity index (χ0) is 14.4. The van der Waals surface area contributed by atoms with E-state index in [1.165, 1.54) is 18.3 Å². The molecule has 20 heavy (non-hydrogen) atoms. The van der Waals surface area contributed by atoms with Gasteiger partial charge in [-0.25, -0.2) is 9.78 Å². The van der Waals surface area contributed by atoms with Gasteiger partial charge < -0.3 is 9.47 Å². The van der Waals surface area contributed by atoms with E-state index in [9.17, 15) is 4.79 Å². The minimum atomic E-state index is -0.761. The number of nitrogens with zero attached hydrogens (tertiary/aromatic N) is 2. The van der Waals surface area contributed by atoms with Crippen molar-refractivity contribution in [3.63, 3.8) is 0 Å². The Morgan fingerprint density at radius 2 is 2.20 bits per heavy atom. The standard InChI is InChI=1S/C14H12N2O3S/c1-10(6-15)19-14(17)11-2-4-13(5-3-11)18-7-12-8-20-9-16-12/h2-5,8-10H,7H2,1H3/t10-/m1/s1. The molecule has 1 aromatic heterocycles. The van der Waals surface area contributed by atoms with Gasteiger partial charge in [0.05, 0.1) is 16.8 Å². The number of hydrogen-bond donors (Lipinski definition) is 0. The highest BCUT2D eigenvalue weighted by molar-refractivity contribution is 7.07. The molecular formula is C14H12N2O3S. The molecule has 0 saturated carbocycles.